The quantitative estimate of drug-likeness (QED) is 0.347. The molecule has 0 aromatic rings. The van der Waals surface area contributed by atoms with E-state index in [1.165, 1.54) is 0 Å². The molecule has 100 valence electrons. The topological polar surface area (TPSA) is 99.0 Å². The molecule has 17 heavy (non-hydrogen) atoms. The van der Waals surface area contributed by atoms with Gasteiger partial charge in [0.15, 0.2) is 6.10 Å². The number of aliphatic hydroxyl groups is 3. The van der Waals surface area contributed by atoms with E-state index in [9.17, 15) is 15.0 Å². The monoisotopic (exact) mass is 247 g/mol. The fourth-order valence-corrected chi connectivity index (χ4v) is 1.83. The molecular weight excluding hydrogens is 226 g/mol. The number of unbranched alkanes of at least 4 members (excludes halogenated alkanes) is 2. The van der Waals surface area contributed by atoms with E-state index >= 15 is 0 Å². The third-order valence-electron chi connectivity index (χ3n) is 2.92. The third-order valence-corrected chi connectivity index (χ3v) is 2.92. The van der Waals surface area contributed by atoms with E-state index in [4.69, 9.17) is 9.84 Å². The number of hydrogen-bond donors (Lipinski definition) is 4. The first kappa shape index (κ1) is 14.4. The van der Waals surface area contributed by atoms with Gasteiger partial charge in [-0.3, -0.25) is 4.79 Å². The van der Waals surface area contributed by atoms with Crippen molar-refractivity contribution >= 4 is 5.97 Å². The van der Waals surface area contributed by atoms with Crippen LogP contribution in [0.15, 0.2) is 0 Å². The lowest BCUT2D eigenvalue weighted by atomic mass is 9.97. The number of hydrogen-bond acceptors (Lipinski definition) is 6. The largest absolute Gasteiger partial charge is 0.456 e. The van der Waals surface area contributed by atoms with Gasteiger partial charge in [-0.2, -0.15) is 0 Å². The molecular formula is C11H21NO5. The summed E-state index contributed by atoms with van der Waals surface area (Å²) in [6.45, 7) is 2.16. The van der Waals surface area contributed by atoms with Gasteiger partial charge >= 0.3 is 5.97 Å². The average molecular weight is 247 g/mol. The fraction of sp³-hybridized carbons (Fsp3) is 0.909. The second-order valence-corrected chi connectivity index (χ2v) is 4.28. The molecule has 0 aromatic heterocycles. The zero-order valence-electron chi connectivity index (χ0n) is 10.0. The Bertz CT molecular complexity index is 248. The molecule has 1 heterocycles. The molecule has 1 rings (SSSR count). The first-order chi connectivity index (χ1) is 8.11. The van der Waals surface area contributed by atoms with Crippen LogP contribution in [0, 0.1) is 0 Å². The number of esters is 1. The smallest absolute Gasteiger partial charge is 0.326 e. The maximum absolute atomic E-state index is 11.5. The van der Waals surface area contributed by atoms with E-state index in [2.05, 4.69) is 12.2 Å². The van der Waals surface area contributed by atoms with E-state index in [1.54, 1.807) is 0 Å². The van der Waals surface area contributed by atoms with Crippen molar-refractivity contribution in [3.8, 4) is 0 Å². The number of ether oxygens (including phenoxy) is 1. The molecule has 0 unspecified atom stereocenters. The summed E-state index contributed by atoms with van der Waals surface area (Å²) >= 11 is 0. The first-order valence-corrected chi connectivity index (χ1v) is 6.02. The maximum Gasteiger partial charge on any atom is 0.326 e. The van der Waals surface area contributed by atoms with Crippen molar-refractivity contribution in [2.75, 3.05) is 13.2 Å². The Morgan fingerprint density at radius 3 is 2.59 bits per heavy atom. The van der Waals surface area contributed by atoms with Crippen LogP contribution >= 0.6 is 0 Å². The number of nitrogens with one attached hydrogen (secondary N) is 1. The highest BCUT2D eigenvalue weighted by Crippen LogP contribution is 2.16. The van der Waals surface area contributed by atoms with E-state index in [1.807, 2.05) is 0 Å². The number of rotatable bonds is 6. The van der Waals surface area contributed by atoms with Crippen molar-refractivity contribution in [1.82, 2.24) is 5.32 Å². The highest BCUT2D eigenvalue weighted by Gasteiger charge is 2.43. The minimum Gasteiger partial charge on any atom is -0.456 e. The first-order valence-electron chi connectivity index (χ1n) is 6.02. The SMILES string of the molecule is CCCCCN[C@H]1C(=O)O[C@H](CO)[C@@H](O)[C@@H]1O. The molecule has 1 aliphatic heterocycles. The van der Waals surface area contributed by atoms with Gasteiger partial charge in [-0.15, -0.1) is 0 Å². The Labute approximate surface area is 101 Å². The highest BCUT2D eigenvalue weighted by atomic mass is 16.6. The Kier molecular flexibility index (Phi) is 5.84. The van der Waals surface area contributed by atoms with Crippen molar-refractivity contribution in [2.24, 2.45) is 0 Å². The summed E-state index contributed by atoms with van der Waals surface area (Å²) in [5, 5.41) is 31.1. The number of carbonyl (C=O) groups is 1. The maximum atomic E-state index is 11.5. The summed E-state index contributed by atoms with van der Waals surface area (Å²) in [7, 11) is 0. The van der Waals surface area contributed by atoms with Crippen LogP contribution < -0.4 is 5.32 Å². The summed E-state index contributed by atoms with van der Waals surface area (Å²) in [4.78, 5) is 11.5. The van der Waals surface area contributed by atoms with Crippen LogP contribution in [0.1, 0.15) is 26.2 Å². The molecule has 4 N–H and O–H groups in total. The van der Waals surface area contributed by atoms with Gasteiger partial charge in [0, 0.05) is 0 Å². The summed E-state index contributed by atoms with van der Waals surface area (Å²) in [6.07, 6.45) is -0.532. The Balaban J connectivity index is 2.46. The summed E-state index contributed by atoms with van der Waals surface area (Å²) in [6, 6.07) is -0.912. The molecule has 1 fully saturated rings. The lowest BCUT2D eigenvalue weighted by Crippen LogP contribution is -2.61. The van der Waals surface area contributed by atoms with Crippen LogP contribution in [-0.2, 0) is 9.53 Å². The Hall–Kier alpha value is -0.690. The fourth-order valence-electron chi connectivity index (χ4n) is 1.83. The van der Waals surface area contributed by atoms with Crippen molar-refractivity contribution in [3.05, 3.63) is 0 Å². The molecule has 0 bridgehead atoms. The summed E-state index contributed by atoms with van der Waals surface area (Å²) in [5.41, 5.74) is 0. The van der Waals surface area contributed by atoms with Crippen LogP contribution in [0.4, 0.5) is 0 Å². The molecule has 0 aromatic carbocycles. The van der Waals surface area contributed by atoms with E-state index in [-0.39, 0.29) is 0 Å². The van der Waals surface area contributed by atoms with Crippen LogP contribution in [0.2, 0.25) is 0 Å². The molecule has 0 amide bonds. The van der Waals surface area contributed by atoms with Crippen molar-refractivity contribution in [3.63, 3.8) is 0 Å². The lowest BCUT2D eigenvalue weighted by molar-refractivity contribution is -0.189. The number of carbonyl (C=O) groups excluding carboxylic acids is 1. The van der Waals surface area contributed by atoms with Gasteiger partial charge in [-0.25, -0.2) is 0 Å². The molecule has 0 radical (unpaired) electrons. The van der Waals surface area contributed by atoms with Gasteiger partial charge in [-0.1, -0.05) is 19.8 Å². The van der Waals surface area contributed by atoms with Gasteiger partial charge in [0.25, 0.3) is 0 Å². The van der Waals surface area contributed by atoms with Gasteiger partial charge in [-0.05, 0) is 13.0 Å². The van der Waals surface area contributed by atoms with Gasteiger partial charge in [0.05, 0.1) is 6.61 Å². The molecule has 0 spiro atoms. The predicted octanol–water partition coefficient (Wildman–Crippen LogP) is -1.23. The van der Waals surface area contributed by atoms with Crippen LogP contribution in [0.3, 0.4) is 0 Å². The lowest BCUT2D eigenvalue weighted by Gasteiger charge is -2.36. The molecule has 0 aliphatic carbocycles. The third kappa shape index (κ3) is 3.64. The minimum absolute atomic E-state index is 0.494. The standard InChI is InChI=1S/C11H21NO5/c1-2-3-4-5-12-8-10(15)9(14)7(6-13)17-11(8)16/h7-10,12-15H,2-6H2,1H3/t7-,8-,9-,10-/m1/s1. The van der Waals surface area contributed by atoms with Crippen molar-refractivity contribution < 1.29 is 24.9 Å². The number of cyclic esters (lactones) is 1. The van der Waals surface area contributed by atoms with Gasteiger partial charge in [0.2, 0.25) is 0 Å². The van der Waals surface area contributed by atoms with Gasteiger partial charge < -0.3 is 25.4 Å². The van der Waals surface area contributed by atoms with Crippen LogP contribution in [-0.4, -0.2) is 58.8 Å². The van der Waals surface area contributed by atoms with Gasteiger partial charge in [0.1, 0.15) is 18.2 Å². The zero-order chi connectivity index (χ0) is 12.8. The van der Waals surface area contributed by atoms with E-state index in [0.29, 0.717) is 6.54 Å². The second-order valence-electron chi connectivity index (χ2n) is 4.28. The van der Waals surface area contributed by atoms with Crippen LogP contribution in [0.5, 0.6) is 0 Å². The second kappa shape index (κ2) is 6.90. The summed E-state index contributed by atoms with van der Waals surface area (Å²) < 4.78 is 4.83. The molecule has 1 aliphatic rings. The van der Waals surface area contributed by atoms with E-state index in [0.717, 1.165) is 19.3 Å². The van der Waals surface area contributed by atoms with Crippen LogP contribution in [0.25, 0.3) is 0 Å². The molecule has 0 saturated carbocycles. The molecule has 1 saturated heterocycles. The zero-order valence-corrected chi connectivity index (χ0v) is 10.0. The molecule has 6 nitrogen and oxygen atoms in total. The Morgan fingerprint density at radius 1 is 1.29 bits per heavy atom. The average Bonchev–Trinajstić information content (AvgIpc) is 2.32. The minimum atomic E-state index is -1.25. The normalized spacial score (nSPS) is 33.5. The van der Waals surface area contributed by atoms with E-state index < -0.39 is 36.9 Å². The summed E-state index contributed by atoms with van der Waals surface area (Å²) in [5.74, 6) is -0.627. The van der Waals surface area contributed by atoms with Crippen molar-refractivity contribution in [1.29, 1.82) is 0 Å². The highest BCUT2D eigenvalue weighted by molar-refractivity contribution is 5.78. The van der Waals surface area contributed by atoms with Crippen molar-refractivity contribution in [2.45, 2.75) is 50.5 Å². The molecule has 4 atom stereocenters. The molecule has 6 heteroatoms. The number of aliphatic hydroxyl groups excluding tert-OH is 3. The Morgan fingerprint density at radius 2 is 2.00 bits per heavy atom. The predicted molar refractivity (Wildman–Crippen MR) is 60.3 cm³/mol.